The minimum atomic E-state index is -0.357. The maximum absolute atomic E-state index is 13.0. The number of hydrogen-bond acceptors (Lipinski definition) is 2. The molecule has 1 heterocycles. The topological polar surface area (TPSA) is 40.6 Å². The standard InChI is InChI=1S/C21H22BrFN2O2/c1-24(14-15-2-6-18(22)7-3-15)20(26)17-10-12-25(13-11-17)21(27)16-4-8-19(23)9-5-16/h2-9,17H,10-14H2,1H3. The number of rotatable bonds is 4. The van der Waals surface area contributed by atoms with E-state index in [0.29, 0.717) is 38.0 Å². The Labute approximate surface area is 167 Å². The van der Waals surface area contributed by atoms with Crippen LogP contribution in [0, 0.1) is 11.7 Å². The van der Waals surface area contributed by atoms with Crippen molar-refractivity contribution < 1.29 is 14.0 Å². The van der Waals surface area contributed by atoms with E-state index < -0.39 is 0 Å². The molecule has 1 aliphatic rings. The van der Waals surface area contributed by atoms with Crippen LogP contribution in [0.2, 0.25) is 0 Å². The smallest absolute Gasteiger partial charge is 0.253 e. The molecule has 0 radical (unpaired) electrons. The van der Waals surface area contributed by atoms with Crippen molar-refractivity contribution >= 4 is 27.7 Å². The molecule has 0 spiro atoms. The van der Waals surface area contributed by atoms with Gasteiger partial charge in [-0.1, -0.05) is 28.1 Å². The van der Waals surface area contributed by atoms with E-state index in [1.54, 1.807) is 9.80 Å². The van der Waals surface area contributed by atoms with Crippen molar-refractivity contribution in [2.75, 3.05) is 20.1 Å². The lowest BCUT2D eigenvalue weighted by atomic mass is 9.94. The highest BCUT2D eigenvalue weighted by atomic mass is 79.9. The van der Waals surface area contributed by atoms with Crippen LogP contribution in [0.4, 0.5) is 4.39 Å². The molecule has 1 fully saturated rings. The van der Waals surface area contributed by atoms with Gasteiger partial charge in [-0.2, -0.15) is 0 Å². The minimum absolute atomic E-state index is 0.0669. The van der Waals surface area contributed by atoms with Gasteiger partial charge in [-0.25, -0.2) is 4.39 Å². The van der Waals surface area contributed by atoms with Gasteiger partial charge >= 0.3 is 0 Å². The van der Waals surface area contributed by atoms with E-state index in [1.807, 2.05) is 31.3 Å². The Kier molecular flexibility index (Phi) is 6.26. The third-order valence-electron chi connectivity index (χ3n) is 4.93. The van der Waals surface area contributed by atoms with E-state index in [-0.39, 0.29) is 23.5 Å². The second-order valence-electron chi connectivity index (χ2n) is 6.89. The Balaban J connectivity index is 1.53. The summed E-state index contributed by atoms with van der Waals surface area (Å²) in [6.45, 7) is 1.65. The second kappa shape index (κ2) is 8.65. The largest absolute Gasteiger partial charge is 0.341 e. The van der Waals surface area contributed by atoms with Gasteiger partial charge in [0.2, 0.25) is 5.91 Å². The van der Waals surface area contributed by atoms with Crippen molar-refractivity contribution in [3.63, 3.8) is 0 Å². The van der Waals surface area contributed by atoms with Gasteiger partial charge in [-0.3, -0.25) is 9.59 Å². The van der Waals surface area contributed by atoms with E-state index in [2.05, 4.69) is 15.9 Å². The number of amides is 2. The highest BCUT2D eigenvalue weighted by molar-refractivity contribution is 9.10. The van der Waals surface area contributed by atoms with Crippen LogP contribution in [0.15, 0.2) is 53.0 Å². The monoisotopic (exact) mass is 432 g/mol. The molecule has 0 aromatic heterocycles. The average molecular weight is 433 g/mol. The Hall–Kier alpha value is -2.21. The Morgan fingerprint density at radius 3 is 2.26 bits per heavy atom. The number of hydrogen-bond donors (Lipinski definition) is 0. The molecule has 142 valence electrons. The predicted octanol–water partition coefficient (Wildman–Crippen LogP) is 4.10. The van der Waals surface area contributed by atoms with Gasteiger partial charge in [0.15, 0.2) is 0 Å². The zero-order valence-electron chi connectivity index (χ0n) is 15.2. The first-order chi connectivity index (χ1) is 12.9. The molecule has 2 amide bonds. The third kappa shape index (κ3) is 4.95. The van der Waals surface area contributed by atoms with Crippen molar-refractivity contribution in [1.29, 1.82) is 0 Å². The van der Waals surface area contributed by atoms with Crippen molar-refractivity contribution in [1.82, 2.24) is 9.80 Å². The maximum Gasteiger partial charge on any atom is 0.253 e. The predicted molar refractivity (Wildman–Crippen MR) is 106 cm³/mol. The molecular formula is C21H22BrFN2O2. The van der Waals surface area contributed by atoms with Gasteiger partial charge < -0.3 is 9.80 Å². The lowest BCUT2D eigenvalue weighted by Crippen LogP contribution is -2.43. The lowest BCUT2D eigenvalue weighted by Gasteiger charge is -2.33. The van der Waals surface area contributed by atoms with Crippen LogP contribution in [0.25, 0.3) is 0 Å². The number of halogens is 2. The zero-order valence-corrected chi connectivity index (χ0v) is 16.8. The summed E-state index contributed by atoms with van der Waals surface area (Å²) < 4.78 is 14.0. The summed E-state index contributed by atoms with van der Waals surface area (Å²) >= 11 is 3.41. The Morgan fingerprint density at radius 2 is 1.67 bits per heavy atom. The molecule has 2 aromatic carbocycles. The highest BCUT2D eigenvalue weighted by Gasteiger charge is 2.29. The average Bonchev–Trinajstić information content (AvgIpc) is 2.69. The number of piperidine rings is 1. The van der Waals surface area contributed by atoms with Gasteiger partial charge in [0, 0.05) is 42.6 Å². The number of likely N-dealkylation sites (tertiary alicyclic amines) is 1. The van der Waals surface area contributed by atoms with Crippen LogP contribution in [0.1, 0.15) is 28.8 Å². The first kappa shape index (κ1) is 19.5. The number of carbonyl (C=O) groups is 2. The fourth-order valence-electron chi connectivity index (χ4n) is 3.36. The summed E-state index contributed by atoms with van der Waals surface area (Å²) in [4.78, 5) is 28.7. The molecule has 0 saturated carbocycles. The summed E-state index contributed by atoms with van der Waals surface area (Å²) in [6.07, 6.45) is 1.30. The molecule has 2 aromatic rings. The van der Waals surface area contributed by atoms with Gasteiger partial charge in [0.1, 0.15) is 5.82 Å². The summed E-state index contributed by atoms with van der Waals surface area (Å²) in [5, 5.41) is 0. The van der Waals surface area contributed by atoms with Gasteiger partial charge in [-0.05, 0) is 54.8 Å². The van der Waals surface area contributed by atoms with E-state index in [0.717, 1.165) is 10.0 Å². The normalized spacial score (nSPS) is 14.9. The molecule has 0 unspecified atom stereocenters. The second-order valence-corrected chi connectivity index (χ2v) is 7.81. The molecular weight excluding hydrogens is 411 g/mol. The van der Waals surface area contributed by atoms with E-state index in [9.17, 15) is 14.0 Å². The van der Waals surface area contributed by atoms with Crippen molar-refractivity contribution in [3.05, 3.63) is 69.9 Å². The summed E-state index contributed by atoms with van der Waals surface area (Å²) in [5.41, 5.74) is 1.56. The molecule has 0 aliphatic carbocycles. The van der Waals surface area contributed by atoms with Crippen LogP contribution in [-0.4, -0.2) is 41.8 Å². The summed E-state index contributed by atoms with van der Waals surface area (Å²) in [7, 11) is 1.82. The van der Waals surface area contributed by atoms with Crippen molar-refractivity contribution in [2.45, 2.75) is 19.4 Å². The van der Waals surface area contributed by atoms with Crippen LogP contribution in [0.5, 0.6) is 0 Å². The zero-order chi connectivity index (χ0) is 19.4. The van der Waals surface area contributed by atoms with Gasteiger partial charge in [0.25, 0.3) is 5.91 Å². The first-order valence-electron chi connectivity index (χ1n) is 8.98. The molecule has 1 aliphatic heterocycles. The summed E-state index contributed by atoms with van der Waals surface area (Å²) in [5.74, 6) is -0.414. The Bertz CT molecular complexity index is 800. The maximum atomic E-state index is 13.0. The van der Waals surface area contributed by atoms with Crippen LogP contribution in [-0.2, 0) is 11.3 Å². The van der Waals surface area contributed by atoms with E-state index in [4.69, 9.17) is 0 Å². The highest BCUT2D eigenvalue weighted by Crippen LogP contribution is 2.22. The van der Waals surface area contributed by atoms with Gasteiger partial charge in [0.05, 0.1) is 0 Å². The molecule has 27 heavy (non-hydrogen) atoms. The van der Waals surface area contributed by atoms with Crippen molar-refractivity contribution in [3.8, 4) is 0 Å². The van der Waals surface area contributed by atoms with Crippen molar-refractivity contribution in [2.24, 2.45) is 5.92 Å². The molecule has 6 heteroatoms. The third-order valence-corrected chi connectivity index (χ3v) is 5.46. The molecule has 1 saturated heterocycles. The molecule has 4 nitrogen and oxygen atoms in total. The summed E-state index contributed by atoms with van der Waals surface area (Å²) in [6, 6.07) is 13.5. The minimum Gasteiger partial charge on any atom is -0.341 e. The van der Waals surface area contributed by atoms with Crippen LogP contribution >= 0.6 is 15.9 Å². The number of carbonyl (C=O) groups excluding carboxylic acids is 2. The van der Waals surface area contributed by atoms with E-state index in [1.165, 1.54) is 24.3 Å². The Morgan fingerprint density at radius 1 is 1.07 bits per heavy atom. The van der Waals surface area contributed by atoms with E-state index >= 15 is 0 Å². The molecule has 0 N–H and O–H groups in total. The first-order valence-corrected chi connectivity index (χ1v) is 9.77. The van der Waals surface area contributed by atoms with Crippen LogP contribution < -0.4 is 0 Å². The van der Waals surface area contributed by atoms with Gasteiger partial charge in [-0.15, -0.1) is 0 Å². The lowest BCUT2D eigenvalue weighted by molar-refractivity contribution is -0.136. The fourth-order valence-corrected chi connectivity index (χ4v) is 3.62. The molecule has 0 atom stereocenters. The SMILES string of the molecule is CN(Cc1ccc(Br)cc1)C(=O)C1CCN(C(=O)c2ccc(F)cc2)CC1. The van der Waals surface area contributed by atoms with Crippen LogP contribution in [0.3, 0.4) is 0 Å². The molecule has 0 bridgehead atoms. The quantitative estimate of drug-likeness (QED) is 0.729. The molecule has 3 rings (SSSR count). The number of benzene rings is 2. The fraction of sp³-hybridized carbons (Fsp3) is 0.333. The number of nitrogens with zero attached hydrogens (tertiary/aromatic N) is 2.